The Labute approximate surface area is 26.2 Å². The van der Waals surface area contributed by atoms with E-state index < -0.39 is 0 Å². The van der Waals surface area contributed by atoms with Gasteiger partial charge in [-0.3, -0.25) is 5.41 Å². The third-order valence-electron chi connectivity index (χ3n) is 0. The summed E-state index contributed by atoms with van der Waals surface area (Å²) in [6, 6.07) is 0. The standard InChI is InChI=1S/C3H6N/c1-3(2)4/h4H,1H2,2H3/q+1. The Balaban J connectivity index is 2.80. The van der Waals surface area contributed by atoms with Gasteiger partial charge in [0.1, 0.15) is 6.92 Å². The largest absolute Gasteiger partial charge is 0.265 e. The second-order valence-electron chi connectivity index (χ2n) is 0.780. The van der Waals surface area contributed by atoms with Gasteiger partial charge in [0.25, 0.3) is 0 Å². The molecule has 0 rings (SSSR count). The summed E-state index contributed by atoms with van der Waals surface area (Å²) in [5.41, 5.74) is 0.417. The van der Waals surface area contributed by atoms with Crippen molar-refractivity contribution in [2.75, 3.05) is 0 Å². The molecular weight excluding hydrogens is 50.0 g/mol. The van der Waals surface area contributed by atoms with E-state index in [0.717, 1.165) is 0 Å². The number of rotatable bonds is 0. The first-order valence-electron chi connectivity index (χ1n) is 1.10. The molecule has 0 heterocycles. The number of hydrogen-bond acceptors (Lipinski definition) is 1. The molecule has 1 N–H and O–H groups in total. The van der Waals surface area contributed by atoms with Crippen molar-refractivity contribution in [3.05, 3.63) is 6.92 Å². The molecule has 0 unspecified atom stereocenters. The van der Waals surface area contributed by atoms with Crippen molar-refractivity contribution in [2.24, 2.45) is 0 Å². The van der Waals surface area contributed by atoms with Crippen LogP contribution < -0.4 is 0 Å². The zero-order chi connectivity index (χ0) is 3.58. The van der Waals surface area contributed by atoms with Gasteiger partial charge >= 0.3 is 0 Å². The van der Waals surface area contributed by atoms with Crippen LogP contribution >= 0.6 is 0 Å². The van der Waals surface area contributed by atoms with Crippen molar-refractivity contribution in [3.8, 4) is 0 Å². The first kappa shape index (κ1) is 3.54. The fourth-order valence-corrected chi connectivity index (χ4v) is 0. The van der Waals surface area contributed by atoms with E-state index in [-0.39, 0.29) is 0 Å². The minimum absolute atomic E-state index is 0.417. The van der Waals surface area contributed by atoms with Crippen molar-refractivity contribution >= 4 is 5.71 Å². The summed E-state index contributed by atoms with van der Waals surface area (Å²) < 4.78 is 0. The van der Waals surface area contributed by atoms with Crippen molar-refractivity contribution in [2.45, 2.75) is 6.92 Å². The zero-order valence-corrected chi connectivity index (χ0v) is 2.71. The zero-order valence-electron chi connectivity index (χ0n) is 2.71. The maximum atomic E-state index is 6.39. The summed E-state index contributed by atoms with van der Waals surface area (Å²) in [6.07, 6.45) is 0. The fourth-order valence-electron chi connectivity index (χ4n) is 0. The predicted octanol–water partition coefficient (Wildman–Crippen LogP) is 0.860. The minimum Gasteiger partial charge on any atom is -0.265 e. The number of nitrogens with one attached hydrogen (secondary N) is 1. The summed E-state index contributed by atoms with van der Waals surface area (Å²) in [5, 5.41) is 6.39. The monoisotopic (exact) mass is 56.0 g/mol. The van der Waals surface area contributed by atoms with Crippen LogP contribution in [-0.4, -0.2) is 5.71 Å². The molecule has 0 spiro atoms. The second kappa shape index (κ2) is 0.934. The van der Waals surface area contributed by atoms with E-state index in [9.17, 15) is 0 Å². The van der Waals surface area contributed by atoms with E-state index in [1.807, 2.05) is 0 Å². The van der Waals surface area contributed by atoms with Gasteiger partial charge in [0.15, 0.2) is 5.71 Å². The van der Waals surface area contributed by atoms with Crippen molar-refractivity contribution in [1.29, 1.82) is 5.41 Å². The number of hydrogen-bond donors (Lipinski definition) is 1. The summed E-state index contributed by atoms with van der Waals surface area (Å²) in [6.45, 7) is 4.86. The third kappa shape index (κ3) is 2.12. The summed E-state index contributed by atoms with van der Waals surface area (Å²) >= 11 is 0. The quantitative estimate of drug-likeness (QED) is 0.314. The highest BCUT2D eigenvalue weighted by atomic mass is 14.3. The van der Waals surface area contributed by atoms with Gasteiger partial charge < -0.3 is 0 Å². The molecule has 0 amide bonds. The van der Waals surface area contributed by atoms with Crippen LogP contribution in [0.15, 0.2) is 0 Å². The predicted molar refractivity (Wildman–Crippen MR) is 18.8 cm³/mol. The SMILES string of the molecule is [CH2+]C(C)=N. The van der Waals surface area contributed by atoms with Crippen LogP contribution in [0.4, 0.5) is 0 Å². The smallest absolute Gasteiger partial charge is 0.184 e. The molecule has 0 aromatic rings. The molecule has 22 valence electrons. The molecule has 0 fully saturated rings. The van der Waals surface area contributed by atoms with Gasteiger partial charge in [0, 0.05) is 6.92 Å². The third-order valence-corrected chi connectivity index (χ3v) is 0. The van der Waals surface area contributed by atoms with Crippen LogP contribution in [-0.2, 0) is 0 Å². The summed E-state index contributed by atoms with van der Waals surface area (Å²) in [7, 11) is 0. The van der Waals surface area contributed by atoms with E-state index in [2.05, 4.69) is 6.92 Å². The minimum atomic E-state index is 0.417. The first-order valence-corrected chi connectivity index (χ1v) is 1.10. The molecule has 0 radical (unpaired) electrons. The van der Waals surface area contributed by atoms with Gasteiger partial charge in [-0.05, 0) is 0 Å². The Morgan fingerprint density at radius 3 is 2.00 bits per heavy atom. The molecule has 0 saturated carbocycles. The fraction of sp³-hybridized carbons (Fsp3) is 0.333. The molecule has 0 aliphatic rings. The van der Waals surface area contributed by atoms with Crippen LogP contribution in [0.25, 0.3) is 0 Å². The molecule has 1 heteroatoms. The van der Waals surface area contributed by atoms with Crippen molar-refractivity contribution in [3.63, 3.8) is 0 Å². The molecule has 4 heavy (non-hydrogen) atoms. The molecule has 1 nitrogen and oxygen atoms in total. The van der Waals surface area contributed by atoms with E-state index in [1.54, 1.807) is 6.92 Å². The van der Waals surface area contributed by atoms with E-state index in [0.29, 0.717) is 5.71 Å². The topological polar surface area (TPSA) is 23.9 Å². The van der Waals surface area contributed by atoms with Crippen LogP contribution in [0, 0.1) is 12.3 Å². The summed E-state index contributed by atoms with van der Waals surface area (Å²) in [5.74, 6) is 0. The van der Waals surface area contributed by atoms with Crippen LogP contribution in [0.2, 0.25) is 0 Å². The van der Waals surface area contributed by atoms with Gasteiger partial charge in [-0.1, -0.05) is 0 Å². The Kier molecular flexibility index (Phi) is 0.826. The van der Waals surface area contributed by atoms with Gasteiger partial charge in [0.05, 0.1) is 0 Å². The molecular formula is C3H6N+. The lowest BCUT2D eigenvalue weighted by Crippen LogP contribution is -1.68. The molecule has 0 aliphatic heterocycles. The molecule has 0 bridgehead atoms. The lowest BCUT2D eigenvalue weighted by molar-refractivity contribution is 1.50. The maximum Gasteiger partial charge on any atom is 0.184 e. The highest BCUT2D eigenvalue weighted by molar-refractivity contribution is 5.82. The van der Waals surface area contributed by atoms with Crippen LogP contribution in [0.3, 0.4) is 0 Å². The van der Waals surface area contributed by atoms with Crippen LogP contribution in [0.1, 0.15) is 6.92 Å². The van der Waals surface area contributed by atoms with Crippen LogP contribution in [0.5, 0.6) is 0 Å². The Morgan fingerprint density at radius 2 is 2.00 bits per heavy atom. The molecule has 0 aliphatic carbocycles. The van der Waals surface area contributed by atoms with Gasteiger partial charge in [0.2, 0.25) is 0 Å². The Morgan fingerprint density at radius 1 is 2.00 bits per heavy atom. The van der Waals surface area contributed by atoms with Gasteiger partial charge in [-0.25, -0.2) is 0 Å². The van der Waals surface area contributed by atoms with Gasteiger partial charge in [-0.2, -0.15) is 0 Å². The van der Waals surface area contributed by atoms with Gasteiger partial charge in [-0.15, -0.1) is 0 Å². The summed E-state index contributed by atoms with van der Waals surface area (Å²) in [4.78, 5) is 0. The first-order chi connectivity index (χ1) is 1.73. The maximum absolute atomic E-state index is 6.39. The highest BCUT2D eigenvalue weighted by Gasteiger charge is 1.68. The molecule has 0 atom stereocenters. The van der Waals surface area contributed by atoms with E-state index in [4.69, 9.17) is 5.41 Å². The average Bonchev–Trinajstić information content (AvgIpc) is 0.811. The molecule has 0 aromatic carbocycles. The second-order valence-corrected chi connectivity index (χ2v) is 0.780. The molecule has 0 saturated heterocycles. The van der Waals surface area contributed by atoms with E-state index in [1.165, 1.54) is 0 Å². The van der Waals surface area contributed by atoms with Crippen molar-refractivity contribution < 1.29 is 0 Å². The van der Waals surface area contributed by atoms with E-state index >= 15 is 0 Å². The average molecular weight is 56.1 g/mol. The van der Waals surface area contributed by atoms with Crippen molar-refractivity contribution in [1.82, 2.24) is 0 Å². The lowest BCUT2D eigenvalue weighted by atomic mass is 10.5. The lowest BCUT2D eigenvalue weighted by Gasteiger charge is -1.50. The highest BCUT2D eigenvalue weighted by Crippen LogP contribution is 1.51. The molecule has 0 aromatic heterocycles. The Hall–Kier alpha value is -0.460. The normalized spacial score (nSPS) is 6.25. The Bertz CT molecular complexity index is 26.3.